The summed E-state index contributed by atoms with van der Waals surface area (Å²) in [6.45, 7) is -0.952. The first-order chi connectivity index (χ1) is 6.88. The van der Waals surface area contributed by atoms with Crippen molar-refractivity contribution in [1.29, 1.82) is 0 Å². The third kappa shape index (κ3) is 4.30. The van der Waals surface area contributed by atoms with Gasteiger partial charge in [0.25, 0.3) is 0 Å². The van der Waals surface area contributed by atoms with Gasteiger partial charge in [-0.05, 0) is 0 Å². The van der Waals surface area contributed by atoms with Crippen molar-refractivity contribution in [2.75, 3.05) is 13.1 Å². The molecule has 0 aromatic carbocycles. The Balaban J connectivity index is 2.34. The van der Waals surface area contributed by atoms with E-state index in [9.17, 15) is 13.2 Å². The zero-order valence-electron chi connectivity index (χ0n) is 8.25. The number of hydrogen-bond donors (Lipinski definition) is 2. The molecule has 1 heterocycles. The normalized spacial score (nSPS) is 14.2. The molecule has 1 unspecified atom stereocenters. The lowest BCUT2D eigenvalue weighted by Crippen LogP contribution is -2.34. The van der Waals surface area contributed by atoms with Crippen LogP contribution in [0.15, 0.2) is 12.4 Å². The smallest absolute Gasteiger partial charge is 0.323 e. The first-order valence-corrected chi connectivity index (χ1v) is 4.40. The molecule has 0 bridgehead atoms. The average molecular weight is 222 g/mol. The summed E-state index contributed by atoms with van der Waals surface area (Å²) in [6, 6.07) is -0.471. The molecule has 0 radical (unpaired) electrons. The molecule has 1 rings (SSSR count). The highest BCUT2D eigenvalue weighted by molar-refractivity contribution is 5.09. The quantitative estimate of drug-likeness (QED) is 0.783. The lowest BCUT2D eigenvalue weighted by atomic mass is 10.2. The van der Waals surface area contributed by atoms with E-state index in [1.807, 2.05) is 0 Å². The van der Waals surface area contributed by atoms with Crippen LogP contribution in [0.25, 0.3) is 0 Å². The highest BCUT2D eigenvalue weighted by Gasteiger charge is 2.26. The van der Waals surface area contributed by atoms with Crippen molar-refractivity contribution < 1.29 is 13.2 Å². The fraction of sp³-hybridized carbons (Fsp3) is 0.625. The Labute approximate surface area is 85.2 Å². The molecule has 0 saturated heterocycles. The molecule has 15 heavy (non-hydrogen) atoms. The van der Waals surface area contributed by atoms with Crippen LogP contribution in [0.2, 0.25) is 0 Å². The van der Waals surface area contributed by atoms with Crippen LogP contribution in [-0.4, -0.2) is 29.0 Å². The van der Waals surface area contributed by atoms with Gasteiger partial charge in [-0.25, -0.2) is 0 Å². The Morgan fingerprint density at radius 3 is 2.73 bits per heavy atom. The number of nitrogens with one attached hydrogen (secondary N) is 1. The van der Waals surface area contributed by atoms with Crippen molar-refractivity contribution in [3.63, 3.8) is 0 Å². The van der Waals surface area contributed by atoms with Crippen LogP contribution >= 0.6 is 0 Å². The minimum atomic E-state index is -4.20. The Bertz CT molecular complexity index is 307. The predicted octanol–water partition coefficient (Wildman–Crippen LogP) is 0.572. The van der Waals surface area contributed by atoms with Crippen molar-refractivity contribution in [2.45, 2.75) is 12.2 Å². The second kappa shape index (κ2) is 4.63. The number of nitrogens with two attached hydrogens (primary N) is 1. The van der Waals surface area contributed by atoms with Crippen molar-refractivity contribution in [2.24, 2.45) is 12.8 Å². The first kappa shape index (κ1) is 12.0. The fourth-order valence-corrected chi connectivity index (χ4v) is 1.12. The van der Waals surface area contributed by atoms with Crippen molar-refractivity contribution in [3.8, 4) is 0 Å². The molecule has 1 aromatic heterocycles. The summed E-state index contributed by atoms with van der Waals surface area (Å²) in [6.07, 6.45) is -0.978. The van der Waals surface area contributed by atoms with Gasteiger partial charge in [-0.15, -0.1) is 0 Å². The Morgan fingerprint density at radius 1 is 1.60 bits per heavy atom. The number of aromatic nitrogens is 2. The summed E-state index contributed by atoms with van der Waals surface area (Å²) in [4.78, 5) is 0. The van der Waals surface area contributed by atoms with Gasteiger partial charge in [0.05, 0.1) is 12.7 Å². The highest BCUT2D eigenvalue weighted by Crippen LogP contribution is 2.13. The second-order valence-corrected chi connectivity index (χ2v) is 3.30. The zero-order valence-corrected chi connectivity index (χ0v) is 8.25. The maximum Gasteiger partial charge on any atom is 0.401 e. The Kier molecular flexibility index (Phi) is 3.70. The third-order valence-electron chi connectivity index (χ3n) is 1.84. The van der Waals surface area contributed by atoms with Crippen LogP contribution in [-0.2, 0) is 7.05 Å². The number of alkyl halides is 3. The van der Waals surface area contributed by atoms with Crippen molar-refractivity contribution in [1.82, 2.24) is 15.1 Å². The molecule has 1 aromatic rings. The number of aryl methyl sites for hydroxylation is 1. The summed E-state index contributed by atoms with van der Waals surface area (Å²) in [5.41, 5.74) is 6.37. The summed E-state index contributed by atoms with van der Waals surface area (Å²) in [7, 11) is 1.72. The molecule has 0 amide bonds. The number of hydrogen-bond acceptors (Lipinski definition) is 3. The van der Waals surface area contributed by atoms with Gasteiger partial charge in [0.2, 0.25) is 0 Å². The van der Waals surface area contributed by atoms with Crippen LogP contribution in [0.5, 0.6) is 0 Å². The minimum absolute atomic E-state index is 0.0746. The molecule has 0 spiro atoms. The number of nitrogens with zero attached hydrogens (tertiary/aromatic N) is 2. The van der Waals surface area contributed by atoms with Gasteiger partial charge in [-0.2, -0.15) is 18.3 Å². The monoisotopic (exact) mass is 222 g/mol. The van der Waals surface area contributed by atoms with Crippen LogP contribution < -0.4 is 11.1 Å². The third-order valence-corrected chi connectivity index (χ3v) is 1.84. The largest absolute Gasteiger partial charge is 0.401 e. The zero-order chi connectivity index (χ0) is 11.5. The molecule has 0 aliphatic rings. The van der Waals surface area contributed by atoms with Crippen LogP contribution in [0.3, 0.4) is 0 Å². The molecule has 0 fully saturated rings. The molecule has 86 valence electrons. The van der Waals surface area contributed by atoms with Gasteiger partial charge in [-0.1, -0.05) is 0 Å². The standard InChI is InChI=1S/C8H13F3N4/c1-15-4-6(2-14-15)7(12)3-13-5-8(9,10)11/h2,4,7,13H,3,5,12H2,1H3. The van der Waals surface area contributed by atoms with Crippen LogP contribution in [0.4, 0.5) is 13.2 Å². The van der Waals surface area contributed by atoms with Gasteiger partial charge in [0, 0.05) is 31.4 Å². The summed E-state index contributed by atoms with van der Waals surface area (Å²) >= 11 is 0. The summed E-state index contributed by atoms with van der Waals surface area (Å²) in [5, 5.41) is 6.13. The maximum atomic E-state index is 11.8. The SMILES string of the molecule is Cn1cc(C(N)CNCC(F)(F)F)cn1. The fourth-order valence-electron chi connectivity index (χ4n) is 1.12. The maximum absolute atomic E-state index is 11.8. The Hall–Kier alpha value is -1.08. The van der Waals surface area contributed by atoms with Gasteiger partial charge < -0.3 is 11.1 Å². The van der Waals surface area contributed by atoms with Crippen molar-refractivity contribution >= 4 is 0 Å². The van der Waals surface area contributed by atoms with Crippen LogP contribution in [0.1, 0.15) is 11.6 Å². The van der Waals surface area contributed by atoms with Gasteiger partial charge in [0.1, 0.15) is 0 Å². The summed E-state index contributed by atoms with van der Waals surface area (Å²) < 4.78 is 36.9. The predicted molar refractivity (Wildman–Crippen MR) is 49.1 cm³/mol. The Morgan fingerprint density at radius 2 is 2.27 bits per heavy atom. The highest BCUT2D eigenvalue weighted by atomic mass is 19.4. The molecule has 1 atom stereocenters. The molecular weight excluding hydrogens is 209 g/mol. The van der Waals surface area contributed by atoms with Crippen molar-refractivity contribution in [3.05, 3.63) is 18.0 Å². The van der Waals surface area contributed by atoms with Crippen LogP contribution in [0, 0.1) is 0 Å². The number of rotatable bonds is 4. The van der Waals surface area contributed by atoms with Gasteiger partial charge in [-0.3, -0.25) is 4.68 Å². The molecule has 3 N–H and O–H groups in total. The lowest BCUT2D eigenvalue weighted by Gasteiger charge is -2.12. The average Bonchev–Trinajstić information content (AvgIpc) is 2.49. The van der Waals surface area contributed by atoms with Gasteiger partial charge in [0.15, 0.2) is 0 Å². The second-order valence-electron chi connectivity index (χ2n) is 3.30. The molecular formula is C8H13F3N4. The summed E-state index contributed by atoms with van der Waals surface area (Å²) in [5.74, 6) is 0. The van der Waals surface area contributed by atoms with E-state index in [2.05, 4.69) is 10.4 Å². The van der Waals surface area contributed by atoms with E-state index in [1.54, 1.807) is 24.1 Å². The van der Waals surface area contributed by atoms with E-state index in [0.717, 1.165) is 0 Å². The molecule has 4 nitrogen and oxygen atoms in total. The lowest BCUT2D eigenvalue weighted by molar-refractivity contribution is -0.124. The van der Waals surface area contributed by atoms with E-state index >= 15 is 0 Å². The van der Waals surface area contributed by atoms with E-state index in [4.69, 9.17) is 5.73 Å². The molecule has 0 aliphatic heterocycles. The van der Waals surface area contributed by atoms with Gasteiger partial charge >= 0.3 is 6.18 Å². The molecule has 0 saturated carbocycles. The first-order valence-electron chi connectivity index (χ1n) is 4.40. The van der Waals surface area contributed by atoms with E-state index < -0.39 is 18.8 Å². The number of halogens is 3. The topological polar surface area (TPSA) is 55.9 Å². The van der Waals surface area contributed by atoms with E-state index in [0.29, 0.717) is 5.56 Å². The van der Waals surface area contributed by atoms with E-state index in [1.165, 1.54) is 0 Å². The molecule has 0 aliphatic carbocycles. The molecule has 7 heteroatoms. The minimum Gasteiger partial charge on any atom is -0.323 e. The van der Waals surface area contributed by atoms with E-state index in [-0.39, 0.29) is 6.54 Å².